The Labute approximate surface area is 248 Å². The van der Waals surface area contributed by atoms with Crippen LogP contribution in [0.2, 0.25) is 0 Å². The zero-order valence-electron chi connectivity index (χ0n) is 22.5. The maximum absolute atomic E-state index is 12.5. The molecule has 0 aromatic heterocycles. The van der Waals surface area contributed by atoms with Gasteiger partial charge in [0.2, 0.25) is 0 Å². The molecule has 0 saturated heterocycles. The number of ether oxygens (including phenoxy) is 2. The lowest BCUT2D eigenvalue weighted by molar-refractivity contribution is 0.0681. The van der Waals surface area contributed by atoms with Crippen LogP contribution in [0.1, 0.15) is 51.8 Å². The molecule has 0 heterocycles. The van der Waals surface area contributed by atoms with Crippen LogP contribution in [0, 0.1) is 0 Å². The van der Waals surface area contributed by atoms with Crippen LogP contribution in [0.3, 0.4) is 0 Å². The largest absolute Gasteiger partial charge is 0.508 e. The molecule has 0 spiro atoms. The smallest absolute Gasteiger partial charge is 0.343 e. The molecule has 0 aliphatic heterocycles. The molecule has 0 amide bonds. The van der Waals surface area contributed by atoms with Gasteiger partial charge in [-0.25, -0.2) is 24.0 Å². The maximum Gasteiger partial charge on any atom is 0.343 e. The van der Waals surface area contributed by atoms with E-state index in [1.54, 1.807) is 24.3 Å². The van der Waals surface area contributed by atoms with Gasteiger partial charge >= 0.3 is 29.8 Å². The van der Waals surface area contributed by atoms with Gasteiger partial charge in [-0.05, 0) is 108 Å². The summed E-state index contributed by atoms with van der Waals surface area (Å²) in [6.45, 7) is 0. The van der Waals surface area contributed by atoms with Crippen molar-refractivity contribution < 1.29 is 53.9 Å². The third-order valence-electron chi connectivity index (χ3n) is 6.05. The van der Waals surface area contributed by atoms with Crippen molar-refractivity contribution in [1.29, 1.82) is 0 Å². The Morgan fingerprint density at radius 1 is 0.409 bits per heavy atom. The number of carboxylic acids is 3. The molecule has 5 rings (SSSR count). The number of carbonyl (C=O) groups is 5. The highest BCUT2D eigenvalue weighted by Crippen LogP contribution is 2.22. The Bertz CT molecular complexity index is 1820. The summed E-state index contributed by atoms with van der Waals surface area (Å²) in [6.07, 6.45) is 0. The molecule has 11 nitrogen and oxygen atoms in total. The Morgan fingerprint density at radius 3 is 1.18 bits per heavy atom. The van der Waals surface area contributed by atoms with Crippen LogP contribution < -0.4 is 9.47 Å². The van der Waals surface area contributed by atoms with Gasteiger partial charge in [0.15, 0.2) is 0 Å². The number of hydrogen-bond donors (Lipinski definition) is 4. The molecule has 0 bridgehead atoms. The van der Waals surface area contributed by atoms with Crippen LogP contribution in [-0.4, -0.2) is 50.3 Å². The number of aromatic carboxylic acids is 3. The van der Waals surface area contributed by atoms with Gasteiger partial charge in [-0.3, -0.25) is 0 Å². The second-order valence-corrected chi connectivity index (χ2v) is 9.07. The van der Waals surface area contributed by atoms with Gasteiger partial charge in [-0.1, -0.05) is 12.1 Å². The van der Waals surface area contributed by atoms with Gasteiger partial charge in [0.05, 0.1) is 27.8 Å². The molecule has 11 heteroatoms. The number of esters is 2. The van der Waals surface area contributed by atoms with E-state index in [2.05, 4.69) is 0 Å². The van der Waals surface area contributed by atoms with Crippen LogP contribution in [0.4, 0.5) is 0 Å². The van der Waals surface area contributed by atoms with Gasteiger partial charge in [-0.2, -0.15) is 0 Å². The number of aromatic hydroxyl groups is 1. The quantitative estimate of drug-likeness (QED) is 0.133. The SMILES string of the molecule is O=C(O)c1ccc(C(=O)O)cc1.O=C(O)c1ccc2cc(C(=O)Oc3ccc(OC(=O)c4ccc(O)cc4)cc3)ccc2c1. The van der Waals surface area contributed by atoms with Crippen molar-refractivity contribution in [3.63, 3.8) is 0 Å². The van der Waals surface area contributed by atoms with E-state index in [1.807, 2.05) is 0 Å². The van der Waals surface area contributed by atoms with E-state index in [4.69, 9.17) is 24.8 Å². The Morgan fingerprint density at radius 2 is 0.750 bits per heavy atom. The van der Waals surface area contributed by atoms with Crippen molar-refractivity contribution in [3.8, 4) is 17.2 Å². The summed E-state index contributed by atoms with van der Waals surface area (Å²) in [7, 11) is 0. The number of benzene rings is 5. The minimum Gasteiger partial charge on any atom is -0.508 e. The highest BCUT2D eigenvalue weighted by molar-refractivity contribution is 5.99. The molecular formula is C33H22O11. The number of phenols is 1. The molecule has 0 aliphatic rings. The van der Waals surface area contributed by atoms with Crippen molar-refractivity contribution in [2.75, 3.05) is 0 Å². The maximum atomic E-state index is 12.5. The first-order valence-electron chi connectivity index (χ1n) is 12.7. The predicted molar refractivity (Wildman–Crippen MR) is 156 cm³/mol. The van der Waals surface area contributed by atoms with Crippen molar-refractivity contribution in [3.05, 3.63) is 137 Å². The van der Waals surface area contributed by atoms with Crippen LogP contribution in [0.15, 0.2) is 109 Å². The third kappa shape index (κ3) is 7.83. The summed E-state index contributed by atoms with van der Waals surface area (Å²) in [5.41, 5.74) is 0.924. The molecule has 0 saturated carbocycles. The topological polar surface area (TPSA) is 185 Å². The lowest BCUT2D eigenvalue weighted by Crippen LogP contribution is -2.09. The fourth-order valence-corrected chi connectivity index (χ4v) is 3.77. The highest BCUT2D eigenvalue weighted by atomic mass is 16.5. The minimum atomic E-state index is -1.06. The number of carbonyl (C=O) groups excluding carboxylic acids is 2. The van der Waals surface area contributed by atoms with Crippen LogP contribution in [-0.2, 0) is 0 Å². The molecule has 0 fully saturated rings. The van der Waals surface area contributed by atoms with E-state index in [-0.39, 0.29) is 39.5 Å². The Hall–Kier alpha value is -6.49. The molecule has 0 unspecified atom stereocenters. The average Bonchev–Trinajstić information content (AvgIpc) is 3.02. The molecule has 5 aromatic rings. The fraction of sp³-hybridized carbons (Fsp3) is 0. The van der Waals surface area contributed by atoms with Crippen LogP contribution in [0.25, 0.3) is 10.8 Å². The zero-order chi connectivity index (χ0) is 31.8. The number of phenolic OH excluding ortho intramolecular Hbond substituents is 1. The normalized spacial score (nSPS) is 10.2. The summed E-state index contributed by atoms with van der Waals surface area (Å²) >= 11 is 0. The standard InChI is InChI=1S/C25H16O7.C8H6O4/c26-20-7-5-15(6-8-20)24(29)31-21-9-11-22(12-10-21)32-25(30)19-4-2-16-13-18(23(27)28)3-1-17(16)14-19;9-7(10)5-1-2-6(4-3-5)8(11)12/h1-14,26H,(H,27,28);1-4H,(H,9,10)(H,11,12). The van der Waals surface area contributed by atoms with E-state index in [0.29, 0.717) is 16.3 Å². The van der Waals surface area contributed by atoms with E-state index in [1.165, 1.54) is 84.9 Å². The molecule has 4 N–H and O–H groups in total. The first-order chi connectivity index (χ1) is 21.0. The van der Waals surface area contributed by atoms with Gasteiger partial charge in [-0.15, -0.1) is 0 Å². The average molecular weight is 595 g/mol. The molecule has 220 valence electrons. The fourth-order valence-electron chi connectivity index (χ4n) is 3.77. The number of fused-ring (bicyclic) bond motifs is 1. The molecule has 0 atom stereocenters. The third-order valence-corrected chi connectivity index (χ3v) is 6.05. The molecule has 0 radical (unpaired) electrons. The Kier molecular flexibility index (Phi) is 9.31. The summed E-state index contributed by atoms with van der Waals surface area (Å²) in [5, 5.41) is 36.7. The lowest BCUT2D eigenvalue weighted by atomic mass is 10.0. The van der Waals surface area contributed by atoms with Gasteiger partial charge in [0.25, 0.3) is 0 Å². The number of carboxylic acid groups (broad SMARTS) is 3. The Balaban J connectivity index is 0.000000309. The summed E-state index contributed by atoms with van der Waals surface area (Å²) < 4.78 is 10.6. The first-order valence-corrected chi connectivity index (χ1v) is 12.7. The second-order valence-electron chi connectivity index (χ2n) is 9.07. The van der Waals surface area contributed by atoms with E-state index in [0.717, 1.165) is 0 Å². The van der Waals surface area contributed by atoms with Gasteiger partial charge in [0, 0.05) is 0 Å². The van der Waals surface area contributed by atoms with Gasteiger partial charge < -0.3 is 29.9 Å². The lowest BCUT2D eigenvalue weighted by Gasteiger charge is -2.08. The van der Waals surface area contributed by atoms with Crippen molar-refractivity contribution in [2.24, 2.45) is 0 Å². The summed E-state index contributed by atoms with van der Waals surface area (Å²) in [4.78, 5) is 56.4. The second kappa shape index (κ2) is 13.4. The minimum absolute atomic E-state index is 0.0455. The summed E-state index contributed by atoms with van der Waals surface area (Å²) in [6, 6.07) is 26.1. The van der Waals surface area contributed by atoms with E-state index < -0.39 is 29.8 Å². The molecular weight excluding hydrogens is 572 g/mol. The first kappa shape index (κ1) is 30.5. The highest BCUT2D eigenvalue weighted by Gasteiger charge is 2.13. The van der Waals surface area contributed by atoms with E-state index in [9.17, 15) is 29.1 Å². The van der Waals surface area contributed by atoms with Crippen LogP contribution in [0.5, 0.6) is 17.2 Å². The molecule has 0 aliphatic carbocycles. The molecule has 44 heavy (non-hydrogen) atoms. The predicted octanol–water partition coefficient (Wildman–Crippen LogP) is 5.77. The van der Waals surface area contributed by atoms with Crippen molar-refractivity contribution >= 4 is 40.6 Å². The van der Waals surface area contributed by atoms with Crippen LogP contribution >= 0.6 is 0 Å². The van der Waals surface area contributed by atoms with Crippen molar-refractivity contribution in [2.45, 2.75) is 0 Å². The van der Waals surface area contributed by atoms with Gasteiger partial charge in [0.1, 0.15) is 17.2 Å². The monoisotopic (exact) mass is 594 g/mol. The summed E-state index contributed by atoms with van der Waals surface area (Å²) in [5.74, 6) is -3.74. The zero-order valence-corrected chi connectivity index (χ0v) is 22.5. The van der Waals surface area contributed by atoms with Crippen molar-refractivity contribution in [1.82, 2.24) is 0 Å². The van der Waals surface area contributed by atoms with E-state index >= 15 is 0 Å². The number of rotatable bonds is 7. The molecule has 5 aromatic carbocycles. The number of hydrogen-bond acceptors (Lipinski definition) is 8.